The third kappa shape index (κ3) is 4.19. The molecule has 3 nitrogen and oxygen atoms in total. The molecular formula is C13H16F4N2O. The summed E-state index contributed by atoms with van der Waals surface area (Å²) in [5, 5.41) is 2.92. The Labute approximate surface area is 114 Å². The van der Waals surface area contributed by atoms with Crippen LogP contribution in [0.25, 0.3) is 0 Å². The van der Waals surface area contributed by atoms with Gasteiger partial charge < -0.3 is 11.1 Å². The lowest BCUT2D eigenvalue weighted by Crippen LogP contribution is -2.34. The topological polar surface area (TPSA) is 55.1 Å². The van der Waals surface area contributed by atoms with Gasteiger partial charge >= 0.3 is 6.18 Å². The Hall–Kier alpha value is -1.63. The first-order valence-corrected chi connectivity index (χ1v) is 6.02. The lowest BCUT2D eigenvalue weighted by molar-refractivity contribution is -0.140. The normalized spacial score (nSPS) is 13.6. The molecule has 0 saturated heterocycles. The highest BCUT2D eigenvalue weighted by Crippen LogP contribution is 2.33. The van der Waals surface area contributed by atoms with Gasteiger partial charge in [-0.1, -0.05) is 19.9 Å². The SMILES string of the molecule is CC(C)NC[C@@H](C(N)=O)c1ccc(F)c(C(F)(F)F)c1. The second kappa shape index (κ2) is 6.21. The Balaban J connectivity index is 3.12. The second-order valence-electron chi connectivity index (χ2n) is 4.75. The molecule has 0 unspecified atom stereocenters. The summed E-state index contributed by atoms with van der Waals surface area (Å²) in [6, 6.07) is 2.51. The van der Waals surface area contributed by atoms with E-state index in [4.69, 9.17) is 5.73 Å². The van der Waals surface area contributed by atoms with E-state index in [0.29, 0.717) is 12.1 Å². The monoisotopic (exact) mass is 292 g/mol. The molecule has 1 amide bonds. The van der Waals surface area contributed by atoms with Crippen LogP contribution in [0.2, 0.25) is 0 Å². The van der Waals surface area contributed by atoms with Gasteiger partial charge in [0, 0.05) is 12.6 Å². The molecule has 20 heavy (non-hydrogen) atoms. The number of hydrogen-bond donors (Lipinski definition) is 2. The van der Waals surface area contributed by atoms with Gasteiger partial charge in [-0.25, -0.2) is 4.39 Å². The Bertz CT molecular complexity index is 486. The molecule has 0 spiro atoms. The van der Waals surface area contributed by atoms with Crippen molar-refractivity contribution >= 4 is 5.91 Å². The first-order valence-electron chi connectivity index (χ1n) is 6.02. The van der Waals surface area contributed by atoms with Crippen molar-refractivity contribution in [2.24, 2.45) is 5.73 Å². The second-order valence-corrected chi connectivity index (χ2v) is 4.75. The molecular weight excluding hydrogens is 276 g/mol. The number of nitrogens with one attached hydrogen (secondary N) is 1. The predicted octanol–water partition coefficient (Wildman–Crippen LogP) is 2.41. The molecule has 1 rings (SSSR count). The van der Waals surface area contributed by atoms with Crippen LogP contribution in [0, 0.1) is 5.82 Å². The Morgan fingerprint density at radius 3 is 2.40 bits per heavy atom. The van der Waals surface area contributed by atoms with Crippen LogP contribution in [0.4, 0.5) is 17.6 Å². The van der Waals surface area contributed by atoms with Crippen molar-refractivity contribution in [3.8, 4) is 0 Å². The van der Waals surface area contributed by atoms with Gasteiger partial charge in [-0.05, 0) is 17.7 Å². The number of alkyl halides is 3. The molecule has 1 aromatic carbocycles. The summed E-state index contributed by atoms with van der Waals surface area (Å²) < 4.78 is 51.1. The number of nitrogens with two attached hydrogens (primary N) is 1. The number of carbonyl (C=O) groups excluding carboxylic acids is 1. The minimum Gasteiger partial charge on any atom is -0.369 e. The highest BCUT2D eigenvalue weighted by molar-refractivity contribution is 5.82. The summed E-state index contributed by atoms with van der Waals surface area (Å²) in [5.74, 6) is -3.08. The number of hydrogen-bond acceptors (Lipinski definition) is 2. The summed E-state index contributed by atoms with van der Waals surface area (Å²) in [5.41, 5.74) is 3.84. The molecule has 7 heteroatoms. The van der Waals surface area contributed by atoms with E-state index in [-0.39, 0.29) is 18.2 Å². The number of halogens is 4. The molecule has 0 heterocycles. The zero-order valence-electron chi connectivity index (χ0n) is 11.1. The summed E-state index contributed by atoms with van der Waals surface area (Å²) >= 11 is 0. The first kappa shape index (κ1) is 16.4. The Morgan fingerprint density at radius 1 is 1.35 bits per heavy atom. The van der Waals surface area contributed by atoms with Crippen molar-refractivity contribution in [3.63, 3.8) is 0 Å². The van der Waals surface area contributed by atoms with Crippen LogP contribution >= 0.6 is 0 Å². The minimum atomic E-state index is -4.81. The smallest absolute Gasteiger partial charge is 0.369 e. The van der Waals surface area contributed by atoms with Gasteiger partial charge in [-0.2, -0.15) is 13.2 Å². The molecule has 0 fully saturated rings. The van der Waals surface area contributed by atoms with E-state index in [1.54, 1.807) is 0 Å². The summed E-state index contributed by atoms with van der Waals surface area (Å²) in [6.45, 7) is 3.74. The van der Waals surface area contributed by atoms with Gasteiger partial charge in [0.25, 0.3) is 0 Å². The van der Waals surface area contributed by atoms with Crippen molar-refractivity contribution in [1.82, 2.24) is 5.32 Å². The van der Waals surface area contributed by atoms with Crippen molar-refractivity contribution < 1.29 is 22.4 Å². The number of rotatable bonds is 5. The quantitative estimate of drug-likeness (QED) is 0.819. The van der Waals surface area contributed by atoms with Crippen molar-refractivity contribution in [2.45, 2.75) is 32.0 Å². The van der Waals surface area contributed by atoms with E-state index in [0.717, 1.165) is 6.07 Å². The zero-order valence-corrected chi connectivity index (χ0v) is 11.1. The van der Waals surface area contributed by atoms with Crippen LogP contribution in [0.5, 0.6) is 0 Å². The Morgan fingerprint density at radius 2 is 1.95 bits per heavy atom. The first-order chi connectivity index (χ1) is 9.12. The molecule has 0 aliphatic heterocycles. The van der Waals surface area contributed by atoms with E-state index in [1.807, 2.05) is 13.8 Å². The average molecular weight is 292 g/mol. The van der Waals surface area contributed by atoms with Crippen LogP contribution < -0.4 is 11.1 Å². The van der Waals surface area contributed by atoms with E-state index >= 15 is 0 Å². The fourth-order valence-electron chi connectivity index (χ4n) is 1.71. The van der Waals surface area contributed by atoms with Crippen molar-refractivity contribution in [2.75, 3.05) is 6.54 Å². The summed E-state index contributed by atoms with van der Waals surface area (Å²) in [7, 11) is 0. The molecule has 0 radical (unpaired) electrons. The minimum absolute atomic E-state index is 0.0411. The predicted molar refractivity (Wildman–Crippen MR) is 66.5 cm³/mol. The van der Waals surface area contributed by atoms with Gasteiger partial charge in [0.15, 0.2) is 0 Å². The van der Waals surface area contributed by atoms with Crippen molar-refractivity contribution in [1.29, 1.82) is 0 Å². The van der Waals surface area contributed by atoms with E-state index in [1.165, 1.54) is 0 Å². The molecule has 112 valence electrons. The van der Waals surface area contributed by atoms with E-state index in [9.17, 15) is 22.4 Å². The maximum Gasteiger partial charge on any atom is 0.419 e. The molecule has 3 N–H and O–H groups in total. The van der Waals surface area contributed by atoms with Gasteiger partial charge in [0.05, 0.1) is 11.5 Å². The van der Waals surface area contributed by atoms with Gasteiger partial charge in [0.1, 0.15) is 5.82 Å². The number of primary amides is 1. The van der Waals surface area contributed by atoms with E-state index < -0.39 is 29.4 Å². The van der Waals surface area contributed by atoms with Crippen LogP contribution in [0.1, 0.15) is 30.9 Å². The largest absolute Gasteiger partial charge is 0.419 e. The maximum absolute atomic E-state index is 13.2. The number of benzene rings is 1. The molecule has 1 aromatic rings. The maximum atomic E-state index is 13.2. The van der Waals surface area contributed by atoms with Crippen LogP contribution in [0.3, 0.4) is 0 Å². The Kier molecular flexibility index (Phi) is 5.10. The fourth-order valence-corrected chi connectivity index (χ4v) is 1.71. The lowest BCUT2D eigenvalue weighted by Gasteiger charge is -2.18. The highest BCUT2D eigenvalue weighted by Gasteiger charge is 2.35. The fraction of sp³-hybridized carbons (Fsp3) is 0.462. The van der Waals surface area contributed by atoms with Crippen LogP contribution in [-0.2, 0) is 11.0 Å². The number of amides is 1. The standard InChI is InChI=1S/C13H16F4N2O/c1-7(2)19-6-9(12(18)20)8-3-4-11(14)10(5-8)13(15,16)17/h3-5,7,9,19H,6H2,1-2H3,(H2,18,20)/t9-/m1/s1. The zero-order chi connectivity index (χ0) is 15.5. The highest BCUT2D eigenvalue weighted by atomic mass is 19.4. The van der Waals surface area contributed by atoms with Gasteiger partial charge in [0.2, 0.25) is 5.91 Å². The number of carbonyl (C=O) groups is 1. The van der Waals surface area contributed by atoms with E-state index in [2.05, 4.69) is 5.32 Å². The third-order valence-electron chi connectivity index (χ3n) is 2.77. The molecule has 0 aliphatic rings. The molecule has 0 bridgehead atoms. The lowest BCUT2D eigenvalue weighted by atomic mass is 9.96. The summed E-state index contributed by atoms with van der Waals surface area (Å²) in [4.78, 5) is 11.4. The summed E-state index contributed by atoms with van der Waals surface area (Å²) in [6.07, 6.45) is -4.81. The van der Waals surface area contributed by atoms with Crippen LogP contribution in [-0.4, -0.2) is 18.5 Å². The third-order valence-corrected chi connectivity index (χ3v) is 2.77. The van der Waals surface area contributed by atoms with Gasteiger partial charge in [-0.15, -0.1) is 0 Å². The van der Waals surface area contributed by atoms with Crippen molar-refractivity contribution in [3.05, 3.63) is 35.1 Å². The molecule has 1 atom stereocenters. The molecule has 0 saturated carbocycles. The van der Waals surface area contributed by atoms with Gasteiger partial charge in [-0.3, -0.25) is 4.79 Å². The molecule has 0 aliphatic carbocycles. The average Bonchev–Trinajstić information content (AvgIpc) is 2.28. The molecule has 0 aromatic heterocycles. The van der Waals surface area contributed by atoms with Crippen LogP contribution in [0.15, 0.2) is 18.2 Å².